The van der Waals surface area contributed by atoms with Crippen LogP contribution in [0.15, 0.2) is 4.99 Å². The molecule has 2 aliphatic rings. The van der Waals surface area contributed by atoms with E-state index in [2.05, 4.69) is 53.2 Å². The second kappa shape index (κ2) is 8.34. The Hall–Kier alpha value is -0.810. The van der Waals surface area contributed by atoms with Gasteiger partial charge in [0.25, 0.3) is 0 Å². The third-order valence-corrected chi connectivity index (χ3v) is 5.51. The summed E-state index contributed by atoms with van der Waals surface area (Å²) in [5, 5.41) is 7.01. The highest BCUT2D eigenvalue weighted by atomic mass is 15.3. The topological polar surface area (TPSA) is 42.9 Å². The van der Waals surface area contributed by atoms with Gasteiger partial charge in [0.05, 0.1) is 0 Å². The molecule has 2 fully saturated rings. The first-order chi connectivity index (χ1) is 10.9. The lowest BCUT2D eigenvalue weighted by atomic mass is 9.98. The Morgan fingerprint density at radius 3 is 2.43 bits per heavy atom. The number of rotatable bonds is 7. The molecule has 2 N–H and O–H groups in total. The molecule has 23 heavy (non-hydrogen) atoms. The van der Waals surface area contributed by atoms with E-state index in [1.165, 1.54) is 45.2 Å². The largest absolute Gasteiger partial charge is 0.355 e. The van der Waals surface area contributed by atoms with Crippen LogP contribution < -0.4 is 10.6 Å². The lowest BCUT2D eigenvalue weighted by Gasteiger charge is -2.41. The molecule has 1 unspecified atom stereocenters. The number of likely N-dealkylation sites (N-methyl/N-ethyl adjacent to an activating group) is 1. The normalized spacial score (nSPS) is 22.3. The number of aliphatic imine (C=N–C) groups is 1. The average Bonchev–Trinajstić information content (AvgIpc) is 3.39. The van der Waals surface area contributed by atoms with Gasteiger partial charge >= 0.3 is 0 Å². The minimum absolute atomic E-state index is 0.175. The van der Waals surface area contributed by atoms with E-state index in [0.29, 0.717) is 6.04 Å². The maximum atomic E-state index is 4.39. The fourth-order valence-corrected chi connectivity index (χ4v) is 3.36. The van der Waals surface area contributed by atoms with Crippen molar-refractivity contribution in [2.24, 2.45) is 4.99 Å². The van der Waals surface area contributed by atoms with Crippen molar-refractivity contribution < 1.29 is 0 Å². The van der Waals surface area contributed by atoms with Gasteiger partial charge in [0.2, 0.25) is 0 Å². The van der Waals surface area contributed by atoms with Crippen LogP contribution in [0.25, 0.3) is 0 Å². The SMILES string of the molecule is CN=C(NCC(C)N(C)C1CC1)NCC(C)(C)N1CCCCC1. The van der Waals surface area contributed by atoms with Crippen LogP contribution in [0.3, 0.4) is 0 Å². The maximum Gasteiger partial charge on any atom is 0.191 e. The quantitative estimate of drug-likeness (QED) is 0.555. The van der Waals surface area contributed by atoms with Crippen molar-refractivity contribution in [1.29, 1.82) is 0 Å². The van der Waals surface area contributed by atoms with Gasteiger partial charge in [-0.15, -0.1) is 0 Å². The summed E-state index contributed by atoms with van der Waals surface area (Å²) in [4.78, 5) is 9.48. The fraction of sp³-hybridized carbons (Fsp3) is 0.944. The number of piperidine rings is 1. The lowest BCUT2D eigenvalue weighted by Crippen LogP contribution is -2.55. The Morgan fingerprint density at radius 1 is 1.22 bits per heavy atom. The lowest BCUT2D eigenvalue weighted by molar-refractivity contribution is 0.0982. The maximum absolute atomic E-state index is 4.39. The summed E-state index contributed by atoms with van der Waals surface area (Å²) in [5.74, 6) is 0.922. The number of hydrogen-bond acceptors (Lipinski definition) is 3. The highest BCUT2D eigenvalue weighted by Crippen LogP contribution is 2.26. The Labute approximate surface area is 142 Å². The van der Waals surface area contributed by atoms with E-state index < -0.39 is 0 Å². The zero-order valence-corrected chi connectivity index (χ0v) is 15.9. The molecule has 5 heteroatoms. The predicted octanol–water partition coefficient (Wildman–Crippen LogP) is 1.90. The highest BCUT2D eigenvalue weighted by molar-refractivity contribution is 5.79. The fourth-order valence-electron chi connectivity index (χ4n) is 3.36. The molecule has 1 aliphatic heterocycles. The van der Waals surface area contributed by atoms with Crippen LogP contribution in [-0.2, 0) is 0 Å². The van der Waals surface area contributed by atoms with Gasteiger partial charge in [-0.3, -0.25) is 14.8 Å². The molecule has 1 heterocycles. The number of nitrogens with zero attached hydrogens (tertiary/aromatic N) is 3. The minimum atomic E-state index is 0.175. The summed E-state index contributed by atoms with van der Waals surface area (Å²) < 4.78 is 0. The zero-order chi connectivity index (χ0) is 16.9. The van der Waals surface area contributed by atoms with Crippen LogP contribution in [0.4, 0.5) is 0 Å². The molecule has 0 aromatic heterocycles. The summed E-state index contributed by atoms with van der Waals surface area (Å²) in [7, 11) is 4.10. The molecule has 0 aromatic carbocycles. The molecule has 0 aromatic rings. The Kier molecular flexibility index (Phi) is 6.72. The predicted molar refractivity (Wildman–Crippen MR) is 99.1 cm³/mol. The van der Waals surface area contributed by atoms with Crippen molar-refractivity contribution in [3.05, 3.63) is 0 Å². The molecule has 134 valence electrons. The standard InChI is InChI=1S/C18H37N5/c1-15(22(5)16-9-10-16)13-20-17(19-4)21-14-18(2,3)23-11-7-6-8-12-23/h15-16H,6-14H2,1-5H3,(H2,19,20,21). The number of likely N-dealkylation sites (tertiary alicyclic amines) is 1. The average molecular weight is 324 g/mol. The Bertz CT molecular complexity index is 383. The molecule has 2 rings (SSSR count). The van der Waals surface area contributed by atoms with Gasteiger partial charge in [-0.2, -0.15) is 0 Å². The Balaban J connectivity index is 1.73. The van der Waals surface area contributed by atoms with Crippen molar-refractivity contribution >= 4 is 5.96 Å². The van der Waals surface area contributed by atoms with Gasteiger partial charge in [0, 0.05) is 37.8 Å². The van der Waals surface area contributed by atoms with Crippen LogP contribution in [0.1, 0.15) is 52.9 Å². The van der Waals surface area contributed by atoms with Crippen molar-refractivity contribution in [2.45, 2.75) is 70.5 Å². The van der Waals surface area contributed by atoms with Crippen LogP contribution in [-0.4, -0.2) is 73.7 Å². The summed E-state index contributed by atoms with van der Waals surface area (Å²) in [6.07, 6.45) is 6.77. The van der Waals surface area contributed by atoms with Gasteiger partial charge in [-0.05, 0) is 66.6 Å². The Morgan fingerprint density at radius 2 is 1.87 bits per heavy atom. The van der Waals surface area contributed by atoms with Crippen molar-refractivity contribution in [1.82, 2.24) is 20.4 Å². The van der Waals surface area contributed by atoms with E-state index in [1.807, 2.05) is 7.05 Å². The van der Waals surface area contributed by atoms with E-state index >= 15 is 0 Å². The third kappa shape index (κ3) is 5.64. The highest BCUT2D eigenvalue weighted by Gasteiger charge is 2.30. The third-order valence-electron chi connectivity index (χ3n) is 5.51. The molecule has 1 saturated carbocycles. The van der Waals surface area contributed by atoms with Gasteiger partial charge in [-0.1, -0.05) is 6.42 Å². The molecular weight excluding hydrogens is 286 g/mol. The van der Waals surface area contributed by atoms with Crippen molar-refractivity contribution in [3.63, 3.8) is 0 Å². The van der Waals surface area contributed by atoms with E-state index in [-0.39, 0.29) is 5.54 Å². The van der Waals surface area contributed by atoms with Gasteiger partial charge in [-0.25, -0.2) is 0 Å². The number of hydrogen-bond donors (Lipinski definition) is 2. The minimum Gasteiger partial charge on any atom is -0.355 e. The van der Waals surface area contributed by atoms with Crippen molar-refractivity contribution in [3.8, 4) is 0 Å². The van der Waals surface area contributed by atoms with Crippen LogP contribution in [0.2, 0.25) is 0 Å². The molecule has 1 aliphatic carbocycles. The van der Waals surface area contributed by atoms with Gasteiger partial charge < -0.3 is 10.6 Å². The van der Waals surface area contributed by atoms with Crippen molar-refractivity contribution in [2.75, 3.05) is 40.3 Å². The van der Waals surface area contributed by atoms with Crippen LogP contribution >= 0.6 is 0 Å². The summed E-state index contributed by atoms with van der Waals surface area (Å²) in [6.45, 7) is 11.3. The molecule has 0 bridgehead atoms. The van der Waals surface area contributed by atoms with E-state index in [1.54, 1.807) is 0 Å². The van der Waals surface area contributed by atoms with Gasteiger partial charge in [0.15, 0.2) is 5.96 Å². The molecule has 0 amide bonds. The zero-order valence-electron chi connectivity index (χ0n) is 15.9. The molecule has 5 nitrogen and oxygen atoms in total. The summed E-state index contributed by atoms with van der Waals surface area (Å²) in [5.41, 5.74) is 0.175. The molecular formula is C18H37N5. The van der Waals surface area contributed by atoms with Crippen LogP contribution in [0, 0.1) is 0 Å². The van der Waals surface area contributed by atoms with E-state index in [4.69, 9.17) is 0 Å². The number of guanidine groups is 1. The first-order valence-electron chi connectivity index (χ1n) is 9.35. The monoisotopic (exact) mass is 323 g/mol. The van der Waals surface area contributed by atoms with Gasteiger partial charge in [0.1, 0.15) is 0 Å². The smallest absolute Gasteiger partial charge is 0.191 e. The van der Waals surface area contributed by atoms with E-state index in [0.717, 1.165) is 25.1 Å². The number of nitrogens with one attached hydrogen (secondary N) is 2. The molecule has 0 spiro atoms. The molecule has 1 atom stereocenters. The second-order valence-electron chi connectivity index (χ2n) is 7.91. The molecule has 0 radical (unpaired) electrons. The first kappa shape index (κ1) is 18.5. The second-order valence-corrected chi connectivity index (χ2v) is 7.91. The summed E-state index contributed by atoms with van der Waals surface area (Å²) in [6, 6.07) is 1.34. The van der Waals surface area contributed by atoms with Crippen LogP contribution in [0.5, 0.6) is 0 Å². The first-order valence-corrected chi connectivity index (χ1v) is 9.35. The van der Waals surface area contributed by atoms with E-state index in [9.17, 15) is 0 Å². The summed E-state index contributed by atoms with van der Waals surface area (Å²) >= 11 is 0. The molecule has 1 saturated heterocycles.